The fourth-order valence-corrected chi connectivity index (χ4v) is 1.14. The third-order valence-electron chi connectivity index (χ3n) is 2.12. The second-order valence-corrected chi connectivity index (χ2v) is 3.00. The van der Waals surface area contributed by atoms with Gasteiger partial charge in [-0.05, 0) is 12.8 Å². The first-order valence-corrected chi connectivity index (χ1v) is 3.56. The van der Waals surface area contributed by atoms with Gasteiger partial charge in [-0.1, -0.05) is 0 Å². The number of carbonyl (C=O) groups is 1. The molecular formula is C6H13N3O2. The lowest BCUT2D eigenvalue weighted by Crippen LogP contribution is -2.56. The van der Waals surface area contributed by atoms with Gasteiger partial charge in [0.25, 0.3) is 0 Å². The summed E-state index contributed by atoms with van der Waals surface area (Å²) >= 11 is 0. The molecular weight excluding hydrogens is 146 g/mol. The zero-order chi connectivity index (χ0) is 8.48. The number of carboxylic acids is 1. The lowest BCUT2D eigenvalue weighted by atomic mass is 9.89. The normalized spacial score (nSPS) is 24.9. The number of carboxylic acid groups (broad SMARTS) is 1. The molecule has 0 amide bonds. The molecule has 0 spiro atoms. The summed E-state index contributed by atoms with van der Waals surface area (Å²) in [5.41, 5.74) is 4.54. The van der Waals surface area contributed by atoms with Gasteiger partial charge in [0.15, 0.2) is 0 Å². The van der Waals surface area contributed by atoms with Crippen LogP contribution in [0.15, 0.2) is 0 Å². The Balaban J connectivity index is 2.55. The molecule has 5 N–H and O–H groups in total. The van der Waals surface area contributed by atoms with Gasteiger partial charge in [-0.2, -0.15) is 0 Å². The van der Waals surface area contributed by atoms with Crippen molar-refractivity contribution in [1.82, 2.24) is 5.01 Å². The average molecular weight is 159 g/mol. The average Bonchev–Trinajstić information content (AvgIpc) is 1.95. The summed E-state index contributed by atoms with van der Waals surface area (Å²) in [7, 11) is 0. The van der Waals surface area contributed by atoms with Gasteiger partial charge < -0.3 is 10.8 Å². The summed E-state index contributed by atoms with van der Waals surface area (Å²) in [5, 5.41) is 10.3. The van der Waals surface area contributed by atoms with Crippen molar-refractivity contribution in [3.63, 3.8) is 0 Å². The van der Waals surface area contributed by atoms with Crippen LogP contribution in [0.2, 0.25) is 0 Å². The maximum Gasteiger partial charge on any atom is 0.323 e. The zero-order valence-electron chi connectivity index (χ0n) is 6.29. The zero-order valence-corrected chi connectivity index (χ0v) is 6.29. The lowest BCUT2D eigenvalue weighted by molar-refractivity contribution is -0.145. The second kappa shape index (κ2) is 2.77. The Morgan fingerprint density at radius 1 is 1.45 bits per heavy atom. The minimum absolute atomic E-state index is 0.429. The standard InChI is InChI=1S/C6H13N3O2/c7-6(5(10)11)1-3-9(8)4-2-6/h1-4,7-8H2,(H,10,11). The molecule has 1 heterocycles. The van der Waals surface area contributed by atoms with Crippen molar-refractivity contribution in [2.75, 3.05) is 13.1 Å². The summed E-state index contributed by atoms with van der Waals surface area (Å²) in [6.07, 6.45) is 0.859. The van der Waals surface area contributed by atoms with E-state index in [4.69, 9.17) is 16.7 Å². The molecule has 0 aromatic rings. The number of nitrogens with two attached hydrogens (primary N) is 2. The number of nitrogens with zero attached hydrogens (tertiary/aromatic N) is 1. The van der Waals surface area contributed by atoms with Crippen LogP contribution in [0, 0.1) is 0 Å². The Morgan fingerprint density at radius 2 is 1.91 bits per heavy atom. The summed E-state index contributed by atoms with van der Waals surface area (Å²) < 4.78 is 0. The maximum absolute atomic E-state index is 10.6. The molecule has 1 fully saturated rings. The topological polar surface area (TPSA) is 92.6 Å². The molecule has 1 rings (SSSR count). The quantitative estimate of drug-likeness (QED) is 0.415. The minimum atomic E-state index is -1.05. The van der Waals surface area contributed by atoms with Gasteiger partial charge in [-0.25, -0.2) is 5.01 Å². The Morgan fingerprint density at radius 3 is 2.27 bits per heavy atom. The van der Waals surface area contributed by atoms with Crippen LogP contribution in [-0.2, 0) is 4.79 Å². The van der Waals surface area contributed by atoms with Gasteiger partial charge in [0.05, 0.1) is 0 Å². The first-order chi connectivity index (χ1) is 5.04. The predicted molar refractivity (Wildman–Crippen MR) is 39.5 cm³/mol. The van der Waals surface area contributed by atoms with Gasteiger partial charge in [-0.3, -0.25) is 10.6 Å². The molecule has 0 aliphatic carbocycles. The second-order valence-electron chi connectivity index (χ2n) is 3.00. The maximum atomic E-state index is 10.6. The third-order valence-corrected chi connectivity index (χ3v) is 2.12. The number of hydrogen-bond donors (Lipinski definition) is 3. The fourth-order valence-electron chi connectivity index (χ4n) is 1.14. The summed E-state index contributed by atoms with van der Waals surface area (Å²) in [4.78, 5) is 10.6. The van der Waals surface area contributed by atoms with Crippen molar-refractivity contribution in [1.29, 1.82) is 0 Å². The number of aliphatic carboxylic acids is 1. The highest BCUT2D eigenvalue weighted by atomic mass is 16.4. The van der Waals surface area contributed by atoms with Crippen LogP contribution < -0.4 is 11.6 Å². The number of hydrogen-bond acceptors (Lipinski definition) is 4. The van der Waals surface area contributed by atoms with E-state index >= 15 is 0 Å². The number of piperidine rings is 1. The SMILES string of the molecule is NN1CCC(N)(C(=O)O)CC1. The summed E-state index contributed by atoms with van der Waals surface area (Å²) in [6.45, 7) is 1.12. The van der Waals surface area contributed by atoms with Crippen molar-refractivity contribution < 1.29 is 9.90 Å². The highest BCUT2D eigenvalue weighted by molar-refractivity contribution is 5.78. The predicted octanol–water partition coefficient (Wildman–Crippen LogP) is -1.26. The molecule has 0 aromatic carbocycles. The van der Waals surface area contributed by atoms with E-state index in [0.717, 1.165) is 0 Å². The molecule has 5 nitrogen and oxygen atoms in total. The largest absolute Gasteiger partial charge is 0.480 e. The molecule has 5 heteroatoms. The number of rotatable bonds is 1. The fraction of sp³-hybridized carbons (Fsp3) is 0.833. The van der Waals surface area contributed by atoms with Gasteiger partial charge in [0.1, 0.15) is 5.54 Å². The molecule has 11 heavy (non-hydrogen) atoms. The highest BCUT2D eigenvalue weighted by Crippen LogP contribution is 2.17. The molecule has 1 saturated heterocycles. The molecule has 0 unspecified atom stereocenters. The van der Waals surface area contributed by atoms with E-state index in [-0.39, 0.29) is 0 Å². The molecule has 0 bridgehead atoms. The molecule has 0 atom stereocenters. The van der Waals surface area contributed by atoms with Crippen molar-refractivity contribution in [2.45, 2.75) is 18.4 Å². The van der Waals surface area contributed by atoms with E-state index in [1.54, 1.807) is 5.01 Å². The third kappa shape index (κ3) is 1.68. The van der Waals surface area contributed by atoms with E-state index in [0.29, 0.717) is 25.9 Å². The van der Waals surface area contributed by atoms with Gasteiger partial charge >= 0.3 is 5.97 Å². The Kier molecular flexibility index (Phi) is 2.12. The molecule has 1 aliphatic rings. The first-order valence-electron chi connectivity index (χ1n) is 3.56. The Labute approximate surface area is 64.9 Å². The van der Waals surface area contributed by atoms with E-state index in [9.17, 15) is 4.79 Å². The number of hydrazine groups is 1. The molecule has 64 valence electrons. The van der Waals surface area contributed by atoms with Crippen LogP contribution in [0.25, 0.3) is 0 Å². The summed E-state index contributed by atoms with van der Waals surface area (Å²) in [5.74, 6) is 4.52. The van der Waals surface area contributed by atoms with E-state index in [1.807, 2.05) is 0 Å². The molecule has 0 aromatic heterocycles. The smallest absolute Gasteiger partial charge is 0.323 e. The van der Waals surface area contributed by atoms with E-state index < -0.39 is 11.5 Å². The van der Waals surface area contributed by atoms with Gasteiger partial charge in [0, 0.05) is 13.1 Å². The lowest BCUT2D eigenvalue weighted by Gasteiger charge is -2.33. The van der Waals surface area contributed by atoms with E-state index in [1.165, 1.54) is 0 Å². The van der Waals surface area contributed by atoms with Crippen LogP contribution in [0.4, 0.5) is 0 Å². The van der Waals surface area contributed by atoms with Crippen molar-refractivity contribution in [3.8, 4) is 0 Å². The Bertz CT molecular complexity index is 163. The molecule has 0 radical (unpaired) electrons. The van der Waals surface area contributed by atoms with Crippen LogP contribution in [-0.4, -0.2) is 34.7 Å². The van der Waals surface area contributed by atoms with Crippen molar-refractivity contribution in [3.05, 3.63) is 0 Å². The van der Waals surface area contributed by atoms with Gasteiger partial charge in [0.2, 0.25) is 0 Å². The molecule has 0 saturated carbocycles. The first kappa shape index (κ1) is 8.45. The highest BCUT2D eigenvalue weighted by Gasteiger charge is 2.36. The van der Waals surface area contributed by atoms with Crippen molar-refractivity contribution in [2.24, 2.45) is 11.6 Å². The minimum Gasteiger partial charge on any atom is -0.480 e. The van der Waals surface area contributed by atoms with Crippen molar-refractivity contribution >= 4 is 5.97 Å². The van der Waals surface area contributed by atoms with Gasteiger partial charge in [-0.15, -0.1) is 0 Å². The van der Waals surface area contributed by atoms with Crippen LogP contribution in [0.5, 0.6) is 0 Å². The van der Waals surface area contributed by atoms with Crippen LogP contribution >= 0.6 is 0 Å². The Hall–Kier alpha value is -0.650. The molecule has 1 aliphatic heterocycles. The van der Waals surface area contributed by atoms with E-state index in [2.05, 4.69) is 0 Å². The van der Waals surface area contributed by atoms with Crippen LogP contribution in [0.1, 0.15) is 12.8 Å². The summed E-state index contributed by atoms with van der Waals surface area (Å²) in [6, 6.07) is 0. The van der Waals surface area contributed by atoms with Crippen LogP contribution in [0.3, 0.4) is 0 Å². The monoisotopic (exact) mass is 159 g/mol.